The third kappa shape index (κ3) is 3.89. The van der Waals surface area contributed by atoms with Crippen molar-refractivity contribution < 1.29 is 14.7 Å². The highest BCUT2D eigenvalue weighted by Gasteiger charge is 2.44. The van der Waals surface area contributed by atoms with E-state index in [9.17, 15) is 9.59 Å². The molecule has 2 fully saturated rings. The zero-order valence-corrected chi connectivity index (χ0v) is 13.4. The first kappa shape index (κ1) is 16.1. The lowest BCUT2D eigenvalue weighted by Crippen LogP contribution is -2.55. The molecular weight excluding hydrogens is 268 g/mol. The number of fused-ring (bicyclic) bond motifs is 2. The average molecular weight is 296 g/mol. The van der Waals surface area contributed by atoms with Crippen LogP contribution in [0.25, 0.3) is 0 Å². The van der Waals surface area contributed by atoms with Gasteiger partial charge in [0, 0.05) is 24.0 Å². The van der Waals surface area contributed by atoms with E-state index in [1.54, 1.807) is 0 Å². The van der Waals surface area contributed by atoms with Crippen molar-refractivity contribution in [2.45, 2.75) is 83.3 Å². The van der Waals surface area contributed by atoms with E-state index < -0.39 is 5.97 Å². The summed E-state index contributed by atoms with van der Waals surface area (Å²) in [5, 5.41) is 12.1. The van der Waals surface area contributed by atoms with Crippen LogP contribution in [0.5, 0.6) is 0 Å². The Bertz CT molecular complexity index is 394. The molecule has 2 aliphatic rings. The largest absolute Gasteiger partial charge is 0.481 e. The quantitative estimate of drug-likeness (QED) is 0.819. The number of carboxylic acids is 1. The molecule has 0 aromatic carbocycles. The first-order chi connectivity index (χ1) is 9.82. The fourth-order valence-corrected chi connectivity index (χ4v) is 4.08. The number of urea groups is 1. The maximum atomic E-state index is 12.6. The molecule has 0 aromatic heterocycles. The minimum absolute atomic E-state index is 0.0368. The fourth-order valence-electron chi connectivity index (χ4n) is 4.08. The SMILES string of the molecule is CCCC(C)(C)NC(=O)N1C2CCC1CC(CC(=O)O)C2. The molecule has 0 radical (unpaired) electrons. The van der Waals surface area contributed by atoms with Crippen molar-refractivity contribution in [3.63, 3.8) is 0 Å². The predicted octanol–water partition coefficient (Wildman–Crippen LogP) is 2.99. The smallest absolute Gasteiger partial charge is 0.318 e. The van der Waals surface area contributed by atoms with E-state index in [4.69, 9.17) is 5.11 Å². The van der Waals surface area contributed by atoms with Crippen LogP contribution in [0.2, 0.25) is 0 Å². The second-order valence-corrected chi connectivity index (χ2v) is 7.29. The van der Waals surface area contributed by atoms with Gasteiger partial charge in [-0.1, -0.05) is 13.3 Å². The highest BCUT2D eigenvalue weighted by atomic mass is 16.4. The number of nitrogens with zero attached hydrogens (tertiary/aromatic N) is 1. The van der Waals surface area contributed by atoms with Crippen molar-refractivity contribution in [1.29, 1.82) is 0 Å². The number of nitrogens with one attached hydrogen (secondary N) is 1. The third-order valence-electron chi connectivity index (χ3n) is 4.85. The van der Waals surface area contributed by atoms with Crippen molar-refractivity contribution in [1.82, 2.24) is 10.2 Å². The van der Waals surface area contributed by atoms with E-state index in [-0.39, 0.29) is 36.0 Å². The number of rotatable bonds is 5. The maximum Gasteiger partial charge on any atom is 0.318 e. The Morgan fingerprint density at radius 2 is 1.81 bits per heavy atom. The van der Waals surface area contributed by atoms with Crippen LogP contribution in [0, 0.1) is 5.92 Å². The average Bonchev–Trinajstić information content (AvgIpc) is 2.60. The van der Waals surface area contributed by atoms with Gasteiger partial charge in [0.25, 0.3) is 0 Å². The van der Waals surface area contributed by atoms with Crippen LogP contribution in [0.3, 0.4) is 0 Å². The van der Waals surface area contributed by atoms with Crippen LogP contribution >= 0.6 is 0 Å². The first-order valence-electron chi connectivity index (χ1n) is 8.14. The Morgan fingerprint density at radius 3 is 2.29 bits per heavy atom. The molecule has 2 heterocycles. The summed E-state index contributed by atoms with van der Waals surface area (Å²) < 4.78 is 0. The molecule has 2 atom stereocenters. The zero-order chi connectivity index (χ0) is 15.6. The summed E-state index contributed by atoms with van der Waals surface area (Å²) in [6.45, 7) is 6.25. The van der Waals surface area contributed by atoms with Crippen LogP contribution in [0.4, 0.5) is 4.79 Å². The van der Waals surface area contributed by atoms with Gasteiger partial charge in [-0.2, -0.15) is 0 Å². The number of piperidine rings is 1. The van der Waals surface area contributed by atoms with Crippen LogP contribution in [0.15, 0.2) is 0 Å². The Morgan fingerprint density at radius 1 is 1.24 bits per heavy atom. The minimum Gasteiger partial charge on any atom is -0.481 e. The number of hydrogen-bond acceptors (Lipinski definition) is 2. The summed E-state index contributed by atoms with van der Waals surface area (Å²) in [4.78, 5) is 25.5. The predicted molar refractivity (Wildman–Crippen MR) is 81.1 cm³/mol. The highest BCUT2D eigenvalue weighted by molar-refractivity contribution is 5.76. The lowest BCUT2D eigenvalue weighted by molar-refractivity contribution is -0.138. The number of carbonyl (C=O) groups excluding carboxylic acids is 1. The molecule has 2 aliphatic heterocycles. The van der Waals surface area contributed by atoms with E-state index in [1.165, 1.54) is 0 Å². The lowest BCUT2D eigenvalue weighted by Gasteiger charge is -2.40. The molecule has 2 amide bonds. The highest BCUT2D eigenvalue weighted by Crippen LogP contribution is 2.40. The summed E-state index contributed by atoms with van der Waals surface area (Å²) in [7, 11) is 0. The van der Waals surface area contributed by atoms with Gasteiger partial charge in [-0.25, -0.2) is 4.79 Å². The van der Waals surface area contributed by atoms with Gasteiger partial charge < -0.3 is 15.3 Å². The molecule has 2 saturated heterocycles. The molecule has 2 bridgehead atoms. The second kappa shape index (κ2) is 6.24. The van der Waals surface area contributed by atoms with Gasteiger partial charge in [-0.05, 0) is 51.9 Å². The van der Waals surface area contributed by atoms with E-state index in [0.29, 0.717) is 0 Å². The Balaban J connectivity index is 1.96. The number of carbonyl (C=O) groups is 2. The van der Waals surface area contributed by atoms with Crippen molar-refractivity contribution in [2.75, 3.05) is 0 Å². The van der Waals surface area contributed by atoms with Crippen LogP contribution in [-0.2, 0) is 4.79 Å². The number of hydrogen-bond donors (Lipinski definition) is 2. The summed E-state index contributed by atoms with van der Waals surface area (Å²) in [5.74, 6) is -0.492. The maximum absolute atomic E-state index is 12.6. The first-order valence-corrected chi connectivity index (χ1v) is 8.14. The molecular formula is C16H28N2O3. The fraction of sp³-hybridized carbons (Fsp3) is 0.875. The molecule has 2 rings (SSSR count). The molecule has 0 spiro atoms. The number of amides is 2. The number of aliphatic carboxylic acids is 1. The zero-order valence-electron chi connectivity index (χ0n) is 13.4. The lowest BCUT2D eigenvalue weighted by atomic mass is 9.88. The van der Waals surface area contributed by atoms with Gasteiger partial charge in [0.2, 0.25) is 0 Å². The van der Waals surface area contributed by atoms with Crippen molar-refractivity contribution in [3.05, 3.63) is 0 Å². The standard InChI is InChI=1S/C16H28N2O3/c1-4-7-16(2,3)17-15(21)18-12-5-6-13(18)9-11(8-12)10-14(19)20/h11-13H,4-10H2,1-3H3,(H,17,21)(H,19,20). The van der Waals surface area contributed by atoms with E-state index >= 15 is 0 Å². The monoisotopic (exact) mass is 296 g/mol. The Labute approximate surface area is 127 Å². The van der Waals surface area contributed by atoms with Crippen molar-refractivity contribution in [3.8, 4) is 0 Å². The minimum atomic E-state index is -0.721. The molecule has 2 N–H and O–H groups in total. The molecule has 5 heteroatoms. The van der Waals surface area contributed by atoms with Gasteiger partial charge in [-0.3, -0.25) is 4.79 Å². The van der Waals surface area contributed by atoms with E-state index in [2.05, 4.69) is 26.1 Å². The molecule has 0 aromatic rings. The summed E-state index contributed by atoms with van der Waals surface area (Å²) in [6, 6.07) is 0.491. The topological polar surface area (TPSA) is 69.6 Å². The van der Waals surface area contributed by atoms with Gasteiger partial charge >= 0.3 is 12.0 Å². The van der Waals surface area contributed by atoms with Crippen LogP contribution in [0.1, 0.15) is 65.7 Å². The van der Waals surface area contributed by atoms with Crippen LogP contribution in [-0.4, -0.2) is 39.6 Å². The van der Waals surface area contributed by atoms with Gasteiger partial charge in [0.05, 0.1) is 0 Å². The van der Waals surface area contributed by atoms with E-state index in [0.717, 1.165) is 38.5 Å². The second-order valence-electron chi connectivity index (χ2n) is 7.29. The van der Waals surface area contributed by atoms with E-state index in [1.807, 2.05) is 4.90 Å². The summed E-state index contributed by atoms with van der Waals surface area (Å²) in [5.41, 5.74) is -0.177. The van der Waals surface area contributed by atoms with Gasteiger partial charge in [-0.15, -0.1) is 0 Å². The third-order valence-corrected chi connectivity index (χ3v) is 4.85. The van der Waals surface area contributed by atoms with Crippen LogP contribution < -0.4 is 5.32 Å². The summed E-state index contributed by atoms with van der Waals surface area (Å²) >= 11 is 0. The molecule has 2 unspecified atom stereocenters. The summed E-state index contributed by atoms with van der Waals surface area (Å²) in [6.07, 6.45) is 5.95. The molecule has 5 nitrogen and oxygen atoms in total. The Kier molecular flexibility index (Phi) is 4.79. The van der Waals surface area contributed by atoms with Crippen molar-refractivity contribution in [2.24, 2.45) is 5.92 Å². The molecule has 21 heavy (non-hydrogen) atoms. The van der Waals surface area contributed by atoms with Gasteiger partial charge in [0.15, 0.2) is 0 Å². The molecule has 120 valence electrons. The molecule has 0 saturated carbocycles. The molecule has 0 aliphatic carbocycles. The van der Waals surface area contributed by atoms with Gasteiger partial charge in [0.1, 0.15) is 0 Å². The number of carboxylic acid groups (broad SMARTS) is 1. The Hall–Kier alpha value is -1.26. The normalized spacial score (nSPS) is 28.5. The van der Waals surface area contributed by atoms with Crippen molar-refractivity contribution >= 4 is 12.0 Å².